The minimum Gasteiger partial charge on any atom is -0.496 e. The maximum Gasteiger partial charge on any atom is 0.243 e. The molecule has 0 N–H and O–H groups in total. The fourth-order valence-electron chi connectivity index (χ4n) is 3.63. The van der Waals surface area contributed by atoms with Crippen molar-refractivity contribution in [3.8, 4) is 17.1 Å². The molecular weight excluding hydrogens is 428 g/mol. The van der Waals surface area contributed by atoms with Gasteiger partial charge in [0.1, 0.15) is 5.75 Å². The molecule has 0 bridgehead atoms. The Bertz CT molecular complexity index is 1180. The molecule has 0 atom stereocenters. The number of ether oxygens (including phenoxy) is 1. The van der Waals surface area contributed by atoms with Gasteiger partial charge in [-0.05, 0) is 30.3 Å². The molecule has 170 valence electrons. The molecule has 2 heterocycles. The highest BCUT2D eigenvalue weighted by Gasteiger charge is 2.30. The normalized spacial score (nSPS) is 15.7. The predicted octanol–water partition coefficient (Wildman–Crippen LogP) is 3.55. The van der Waals surface area contributed by atoms with Crippen molar-refractivity contribution in [3.05, 3.63) is 54.4 Å². The van der Waals surface area contributed by atoms with Gasteiger partial charge in [0.2, 0.25) is 21.7 Å². The summed E-state index contributed by atoms with van der Waals surface area (Å²) in [7, 11) is -2.15. The SMILES string of the molecule is COc1ccc(S(=O)(=O)N2CCN(c3ccccc3)CC2)cc1-c1noc(C(C)(C)C)n1. The van der Waals surface area contributed by atoms with Crippen LogP contribution in [-0.4, -0.2) is 56.2 Å². The number of para-hydroxylation sites is 1. The Kier molecular flexibility index (Phi) is 5.96. The van der Waals surface area contributed by atoms with Gasteiger partial charge in [0.25, 0.3) is 0 Å². The maximum absolute atomic E-state index is 13.4. The van der Waals surface area contributed by atoms with Crippen LogP contribution in [0.25, 0.3) is 11.4 Å². The van der Waals surface area contributed by atoms with Crippen LogP contribution in [0, 0.1) is 0 Å². The summed E-state index contributed by atoms with van der Waals surface area (Å²) in [6, 6.07) is 14.8. The number of sulfonamides is 1. The minimum atomic E-state index is -3.68. The molecule has 0 aliphatic carbocycles. The second-order valence-electron chi connectivity index (χ2n) is 8.76. The molecule has 3 aromatic rings. The number of nitrogens with zero attached hydrogens (tertiary/aromatic N) is 4. The van der Waals surface area contributed by atoms with Crippen molar-refractivity contribution in [3.63, 3.8) is 0 Å². The van der Waals surface area contributed by atoms with Crippen LogP contribution in [0.2, 0.25) is 0 Å². The molecule has 0 spiro atoms. The largest absolute Gasteiger partial charge is 0.496 e. The van der Waals surface area contributed by atoms with Crippen LogP contribution < -0.4 is 9.64 Å². The number of rotatable bonds is 5. The number of hydrogen-bond acceptors (Lipinski definition) is 7. The first kappa shape index (κ1) is 22.3. The quantitative estimate of drug-likeness (QED) is 0.580. The molecule has 2 aromatic carbocycles. The molecular formula is C23H28N4O4S. The molecule has 4 rings (SSSR count). The molecule has 1 aliphatic heterocycles. The molecule has 0 saturated carbocycles. The van der Waals surface area contributed by atoms with E-state index in [1.807, 2.05) is 51.1 Å². The molecule has 32 heavy (non-hydrogen) atoms. The Morgan fingerprint density at radius 1 is 1.00 bits per heavy atom. The molecule has 1 aromatic heterocycles. The van der Waals surface area contributed by atoms with Gasteiger partial charge in [0, 0.05) is 37.3 Å². The van der Waals surface area contributed by atoms with Gasteiger partial charge in [-0.25, -0.2) is 8.42 Å². The standard InChI is InChI=1S/C23H28N4O4S/c1-23(2,3)22-24-21(25-31-22)19-16-18(10-11-20(19)30-4)32(28,29)27-14-12-26(13-15-27)17-8-6-5-7-9-17/h5-11,16H,12-15H2,1-4H3. The van der Waals surface area contributed by atoms with Crippen molar-refractivity contribution in [2.75, 3.05) is 38.2 Å². The summed E-state index contributed by atoms with van der Waals surface area (Å²) in [5.74, 6) is 1.26. The van der Waals surface area contributed by atoms with Gasteiger partial charge in [-0.2, -0.15) is 9.29 Å². The van der Waals surface area contributed by atoms with Crippen molar-refractivity contribution < 1.29 is 17.7 Å². The third-order valence-electron chi connectivity index (χ3n) is 5.48. The number of methoxy groups -OCH3 is 1. The third-order valence-corrected chi connectivity index (χ3v) is 7.37. The topological polar surface area (TPSA) is 88.8 Å². The fraction of sp³-hybridized carbons (Fsp3) is 0.391. The average molecular weight is 457 g/mol. The molecule has 1 aliphatic rings. The summed E-state index contributed by atoms with van der Waals surface area (Å²) < 4.78 is 39.1. The second-order valence-corrected chi connectivity index (χ2v) is 10.7. The number of anilines is 1. The van der Waals surface area contributed by atoms with Crippen molar-refractivity contribution in [1.82, 2.24) is 14.4 Å². The highest BCUT2D eigenvalue weighted by atomic mass is 32.2. The van der Waals surface area contributed by atoms with E-state index in [4.69, 9.17) is 9.26 Å². The summed E-state index contributed by atoms with van der Waals surface area (Å²) in [6.45, 7) is 7.99. The van der Waals surface area contributed by atoms with Crippen LogP contribution >= 0.6 is 0 Å². The van der Waals surface area contributed by atoms with Crippen LogP contribution in [-0.2, 0) is 15.4 Å². The summed E-state index contributed by atoms with van der Waals surface area (Å²) in [6.07, 6.45) is 0. The second kappa shape index (κ2) is 8.55. The number of aromatic nitrogens is 2. The van der Waals surface area contributed by atoms with Crippen molar-refractivity contribution in [2.24, 2.45) is 0 Å². The number of hydrogen-bond donors (Lipinski definition) is 0. The van der Waals surface area contributed by atoms with E-state index in [2.05, 4.69) is 15.0 Å². The Morgan fingerprint density at radius 2 is 1.69 bits per heavy atom. The van der Waals surface area contributed by atoms with Gasteiger partial charge in [0.15, 0.2) is 0 Å². The Hall–Kier alpha value is -2.91. The van der Waals surface area contributed by atoms with Crippen LogP contribution in [0.5, 0.6) is 5.75 Å². The first-order valence-corrected chi connectivity index (χ1v) is 12.0. The molecule has 1 fully saturated rings. The minimum absolute atomic E-state index is 0.184. The van der Waals surface area contributed by atoms with Crippen molar-refractivity contribution in [1.29, 1.82) is 0 Å². The predicted molar refractivity (Wildman–Crippen MR) is 122 cm³/mol. The average Bonchev–Trinajstić information content (AvgIpc) is 3.30. The number of piperazine rings is 1. The zero-order valence-electron chi connectivity index (χ0n) is 18.8. The van der Waals surface area contributed by atoms with Gasteiger partial charge < -0.3 is 14.2 Å². The highest BCUT2D eigenvalue weighted by molar-refractivity contribution is 7.89. The first-order chi connectivity index (χ1) is 15.2. The third kappa shape index (κ3) is 4.35. The van der Waals surface area contributed by atoms with E-state index < -0.39 is 10.0 Å². The lowest BCUT2D eigenvalue weighted by Crippen LogP contribution is -2.48. The maximum atomic E-state index is 13.4. The number of benzene rings is 2. The Labute approximate surface area is 188 Å². The van der Waals surface area contributed by atoms with Crippen molar-refractivity contribution >= 4 is 15.7 Å². The van der Waals surface area contributed by atoms with Gasteiger partial charge >= 0.3 is 0 Å². The van der Waals surface area contributed by atoms with Gasteiger partial charge in [-0.15, -0.1) is 0 Å². The summed E-state index contributed by atoms with van der Waals surface area (Å²) in [5, 5.41) is 4.06. The molecule has 9 heteroatoms. The lowest BCUT2D eigenvalue weighted by molar-refractivity contribution is 0.321. The highest BCUT2D eigenvalue weighted by Crippen LogP contribution is 2.33. The first-order valence-electron chi connectivity index (χ1n) is 10.5. The molecule has 8 nitrogen and oxygen atoms in total. The van der Waals surface area contributed by atoms with E-state index in [1.165, 1.54) is 11.4 Å². The molecule has 0 amide bonds. The van der Waals surface area contributed by atoms with Gasteiger partial charge in [-0.1, -0.05) is 44.1 Å². The molecule has 0 unspecified atom stereocenters. The summed E-state index contributed by atoms with van der Waals surface area (Å²) >= 11 is 0. The van der Waals surface area contributed by atoms with E-state index >= 15 is 0 Å². The van der Waals surface area contributed by atoms with E-state index in [0.29, 0.717) is 49.2 Å². The summed E-state index contributed by atoms with van der Waals surface area (Å²) in [5.41, 5.74) is 1.26. The van der Waals surface area contributed by atoms with Gasteiger partial charge in [-0.3, -0.25) is 0 Å². The summed E-state index contributed by atoms with van der Waals surface area (Å²) in [4.78, 5) is 6.84. The van der Waals surface area contributed by atoms with Gasteiger partial charge in [0.05, 0.1) is 17.6 Å². The molecule has 0 radical (unpaired) electrons. The Balaban J connectivity index is 1.59. The van der Waals surface area contributed by atoms with Crippen LogP contribution in [0.4, 0.5) is 5.69 Å². The van der Waals surface area contributed by atoms with Crippen LogP contribution in [0.1, 0.15) is 26.7 Å². The fourth-order valence-corrected chi connectivity index (χ4v) is 5.08. The smallest absolute Gasteiger partial charge is 0.243 e. The van der Waals surface area contributed by atoms with Crippen molar-refractivity contribution in [2.45, 2.75) is 31.1 Å². The van der Waals surface area contributed by atoms with E-state index in [1.54, 1.807) is 18.2 Å². The lowest BCUT2D eigenvalue weighted by atomic mass is 9.97. The Morgan fingerprint density at radius 3 is 2.28 bits per heavy atom. The van der Waals surface area contributed by atoms with Crippen LogP contribution in [0.15, 0.2) is 57.9 Å². The zero-order chi connectivity index (χ0) is 22.9. The van der Waals surface area contributed by atoms with Crippen LogP contribution in [0.3, 0.4) is 0 Å². The lowest BCUT2D eigenvalue weighted by Gasteiger charge is -2.35. The zero-order valence-corrected chi connectivity index (χ0v) is 19.6. The molecule has 1 saturated heterocycles. The van der Waals surface area contributed by atoms with E-state index in [0.717, 1.165) is 5.69 Å². The van der Waals surface area contributed by atoms with E-state index in [9.17, 15) is 8.42 Å². The van der Waals surface area contributed by atoms with E-state index in [-0.39, 0.29) is 10.3 Å². The monoisotopic (exact) mass is 456 g/mol.